The van der Waals surface area contributed by atoms with Crippen molar-refractivity contribution in [3.8, 4) is 0 Å². The van der Waals surface area contributed by atoms with Gasteiger partial charge in [0.2, 0.25) is 5.91 Å². The van der Waals surface area contributed by atoms with Gasteiger partial charge in [-0.2, -0.15) is 0 Å². The van der Waals surface area contributed by atoms with E-state index in [1.165, 1.54) is 38.5 Å². The first-order valence-corrected chi connectivity index (χ1v) is 8.13. The van der Waals surface area contributed by atoms with Gasteiger partial charge in [-0.15, -0.1) is 0 Å². The number of nitrogens with two attached hydrogens (primary N) is 1. The normalized spacial score (nSPS) is 32.1. The molecule has 0 aromatic heterocycles. The zero-order valence-electron chi connectivity index (χ0n) is 13.3. The molecule has 0 bridgehead atoms. The summed E-state index contributed by atoms with van der Waals surface area (Å²) in [5, 5.41) is 3.15. The lowest BCUT2D eigenvalue weighted by atomic mass is 9.75. The minimum Gasteiger partial charge on any atom is -0.354 e. The van der Waals surface area contributed by atoms with Crippen LogP contribution < -0.4 is 11.1 Å². The molecule has 3 unspecified atom stereocenters. The van der Waals surface area contributed by atoms with E-state index in [4.69, 9.17) is 5.73 Å². The van der Waals surface area contributed by atoms with Crippen molar-refractivity contribution in [3.05, 3.63) is 0 Å². The lowest BCUT2D eigenvalue weighted by Crippen LogP contribution is -2.55. The van der Waals surface area contributed by atoms with Gasteiger partial charge in [0.05, 0.1) is 0 Å². The molecule has 4 heteroatoms. The Hall–Kier alpha value is -0.610. The van der Waals surface area contributed by atoms with E-state index in [9.17, 15) is 4.79 Å². The molecule has 2 aliphatic rings. The van der Waals surface area contributed by atoms with Crippen LogP contribution in [0.1, 0.15) is 51.9 Å². The molecule has 0 radical (unpaired) electrons. The lowest BCUT2D eigenvalue weighted by Gasteiger charge is -2.45. The summed E-state index contributed by atoms with van der Waals surface area (Å²) >= 11 is 0. The van der Waals surface area contributed by atoms with Gasteiger partial charge in [-0.05, 0) is 51.6 Å². The third-order valence-electron chi connectivity index (χ3n) is 5.28. The highest BCUT2D eigenvalue weighted by Crippen LogP contribution is 2.35. The Bertz CT molecular complexity index is 341. The molecule has 3 atom stereocenters. The van der Waals surface area contributed by atoms with E-state index >= 15 is 0 Å². The van der Waals surface area contributed by atoms with Crippen LogP contribution in [-0.2, 0) is 4.79 Å². The standard InChI is InChI=1S/C16H31N3O/c1-12-5-4-8-16(10-12,19(2)3)11-18-15(20)9-14(17)13-6-7-13/h12-14H,4-11,17H2,1-3H3,(H,18,20). The van der Waals surface area contributed by atoms with Gasteiger partial charge >= 0.3 is 0 Å². The van der Waals surface area contributed by atoms with E-state index in [2.05, 4.69) is 31.2 Å². The zero-order chi connectivity index (χ0) is 14.8. The van der Waals surface area contributed by atoms with E-state index in [1.54, 1.807) is 0 Å². The third-order valence-corrected chi connectivity index (χ3v) is 5.28. The van der Waals surface area contributed by atoms with Crippen LogP contribution in [0.25, 0.3) is 0 Å². The van der Waals surface area contributed by atoms with Gasteiger partial charge in [-0.3, -0.25) is 4.79 Å². The summed E-state index contributed by atoms with van der Waals surface area (Å²) < 4.78 is 0. The summed E-state index contributed by atoms with van der Waals surface area (Å²) in [4.78, 5) is 14.4. The molecule has 2 aliphatic carbocycles. The second-order valence-corrected chi connectivity index (χ2v) is 7.30. The summed E-state index contributed by atoms with van der Waals surface area (Å²) in [6, 6.07) is 0.0654. The number of amides is 1. The predicted molar refractivity (Wildman–Crippen MR) is 82.4 cm³/mol. The summed E-state index contributed by atoms with van der Waals surface area (Å²) in [5.74, 6) is 1.47. The summed E-state index contributed by atoms with van der Waals surface area (Å²) in [5.41, 5.74) is 6.17. The van der Waals surface area contributed by atoms with Crippen molar-refractivity contribution in [2.45, 2.75) is 63.5 Å². The fraction of sp³-hybridized carbons (Fsp3) is 0.938. The zero-order valence-corrected chi connectivity index (χ0v) is 13.3. The van der Waals surface area contributed by atoms with Crippen LogP contribution in [0.4, 0.5) is 0 Å². The predicted octanol–water partition coefficient (Wildman–Crippen LogP) is 1.74. The second-order valence-electron chi connectivity index (χ2n) is 7.30. The van der Waals surface area contributed by atoms with Crippen LogP contribution in [0, 0.1) is 11.8 Å². The Kier molecular flexibility index (Phi) is 5.08. The molecule has 0 saturated heterocycles. The van der Waals surface area contributed by atoms with Crippen molar-refractivity contribution < 1.29 is 4.79 Å². The average Bonchev–Trinajstić information content (AvgIpc) is 3.20. The fourth-order valence-electron chi connectivity index (χ4n) is 3.60. The van der Waals surface area contributed by atoms with Gasteiger partial charge in [0, 0.05) is 24.5 Å². The van der Waals surface area contributed by atoms with Crippen molar-refractivity contribution in [1.29, 1.82) is 0 Å². The van der Waals surface area contributed by atoms with Crippen molar-refractivity contribution in [2.24, 2.45) is 17.6 Å². The van der Waals surface area contributed by atoms with Gasteiger partial charge in [0.15, 0.2) is 0 Å². The van der Waals surface area contributed by atoms with Crippen molar-refractivity contribution in [2.75, 3.05) is 20.6 Å². The fourth-order valence-corrected chi connectivity index (χ4v) is 3.60. The number of carbonyl (C=O) groups is 1. The lowest BCUT2D eigenvalue weighted by molar-refractivity contribution is -0.122. The number of likely N-dealkylation sites (N-methyl/N-ethyl adjacent to an activating group) is 1. The highest BCUT2D eigenvalue weighted by atomic mass is 16.1. The van der Waals surface area contributed by atoms with Gasteiger partial charge in [0.25, 0.3) is 0 Å². The summed E-state index contributed by atoms with van der Waals surface area (Å²) in [6.07, 6.45) is 7.83. The Morgan fingerprint density at radius 2 is 2.10 bits per heavy atom. The smallest absolute Gasteiger partial charge is 0.221 e. The highest BCUT2D eigenvalue weighted by molar-refractivity contribution is 5.76. The summed E-state index contributed by atoms with van der Waals surface area (Å²) in [7, 11) is 4.28. The van der Waals surface area contributed by atoms with E-state index in [0.29, 0.717) is 12.3 Å². The molecule has 20 heavy (non-hydrogen) atoms. The second kappa shape index (κ2) is 6.44. The van der Waals surface area contributed by atoms with Gasteiger partial charge in [-0.25, -0.2) is 0 Å². The molecular formula is C16H31N3O. The molecule has 0 heterocycles. The molecule has 2 rings (SSSR count). The first-order chi connectivity index (χ1) is 9.43. The Balaban J connectivity index is 1.83. The largest absolute Gasteiger partial charge is 0.354 e. The molecule has 0 spiro atoms. The molecule has 2 fully saturated rings. The molecule has 1 amide bonds. The molecule has 0 aromatic rings. The molecule has 0 aromatic carbocycles. The van der Waals surface area contributed by atoms with E-state index < -0.39 is 0 Å². The van der Waals surface area contributed by atoms with E-state index in [0.717, 1.165) is 12.5 Å². The number of hydrogen-bond donors (Lipinski definition) is 2. The average molecular weight is 281 g/mol. The third kappa shape index (κ3) is 3.95. The van der Waals surface area contributed by atoms with E-state index in [1.807, 2.05) is 0 Å². The molecule has 2 saturated carbocycles. The maximum Gasteiger partial charge on any atom is 0.221 e. The first kappa shape index (κ1) is 15.8. The number of nitrogens with one attached hydrogen (secondary N) is 1. The Labute approximate surface area is 123 Å². The molecule has 116 valence electrons. The molecule has 0 aliphatic heterocycles. The number of rotatable bonds is 6. The van der Waals surface area contributed by atoms with Crippen LogP contribution in [0.5, 0.6) is 0 Å². The Morgan fingerprint density at radius 3 is 2.65 bits per heavy atom. The number of hydrogen-bond acceptors (Lipinski definition) is 3. The van der Waals surface area contributed by atoms with E-state index in [-0.39, 0.29) is 17.5 Å². The van der Waals surface area contributed by atoms with Crippen LogP contribution in [0.2, 0.25) is 0 Å². The van der Waals surface area contributed by atoms with Crippen LogP contribution in [-0.4, -0.2) is 43.0 Å². The van der Waals surface area contributed by atoms with Crippen molar-refractivity contribution in [1.82, 2.24) is 10.2 Å². The number of nitrogens with zero attached hydrogens (tertiary/aromatic N) is 1. The Morgan fingerprint density at radius 1 is 1.40 bits per heavy atom. The van der Waals surface area contributed by atoms with Gasteiger partial charge < -0.3 is 16.0 Å². The minimum absolute atomic E-state index is 0.0654. The topological polar surface area (TPSA) is 58.4 Å². The molecule has 3 N–H and O–H groups in total. The van der Waals surface area contributed by atoms with Crippen molar-refractivity contribution in [3.63, 3.8) is 0 Å². The van der Waals surface area contributed by atoms with Gasteiger partial charge in [0.1, 0.15) is 0 Å². The number of carbonyl (C=O) groups excluding carboxylic acids is 1. The maximum atomic E-state index is 12.1. The maximum absolute atomic E-state index is 12.1. The van der Waals surface area contributed by atoms with Crippen molar-refractivity contribution >= 4 is 5.91 Å². The van der Waals surface area contributed by atoms with Crippen LogP contribution in [0.15, 0.2) is 0 Å². The molecule has 4 nitrogen and oxygen atoms in total. The SMILES string of the molecule is CC1CCCC(CNC(=O)CC(N)C2CC2)(N(C)C)C1. The highest BCUT2D eigenvalue weighted by Gasteiger charge is 2.37. The van der Waals surface area contributed by atoms with Gasteiger partial charge in [-0.1, -0.05) is 19.8 Å². The monoisotopic (exact) mass is 281 g/mol. The minimum atomic E-state index is 0.0654. The van der Waals surface area contributed by atoms with Crippen LogP contribution in [0.3, 0.4) is 0 Å². The first-order valence-electron chi connectivity index (χ1n) is 8.13. The van der Waals surface area contributed by atoms with Crippen LogP contribution >= 0.6 is 0 Å². The quantitative estimate of drug-likeness (QED) is 0.779. The summed E-state index contributed by atoms with van der Waals surface area (Å²) in [6.45, 7) is 3.09. The molecular weight excluding hydrogens is 250 g/mol.